The quantitative estimate of drug-likeness (QED) is 0.654. The molecule has 98 valence electrons. The molecule has 0 bridgehead atoms. The van der Waals surface area contributed by atoms with Crippen LogP contribution in [-0.2, 0) is 0 Å². The average molecular weight is 258 g/mol. The fourth-order valence-corrected chi connectivity index (χ4v) is 1.83. The molecule has 0 unspecified atom stereocenters. The molecule has 4 nitrogen and oxygen atoms in total. The molecule has 5 heteroatoms. The van der Waals surface area contributed by atoms with E-state index in [-0.39, 0.29) is 11.7 Å². The Hall–Kier alpha value is -2.43. The number of pyridine rings is 1. The van der Waals surface area contributed by atoms with Crippen LogP contribution in [0.25, 0.3) is 0 Å². The smallest absolute Gasteiger partial charge is 0.146 e. The third kappa shape index (κ3) is 2.70. The Bertz CT molecular complexity index is 580. The van der Waals surface area contributed by atoms with Crippen molar-refractivity contribution >= 4 is 17.3 Å². The summed E-state index contributed by atoms with van der Waals surface area (Å²) in [5.41, 5.74) is 6.41. The molecule has 1 aromatic carbocycles. The van der Waals surface area contributed by atoms with Crippen LogP contribution in [0.3, 0.4) is 0 Å². The molecular formula is C14H15FN4. The van der Waals surface area contributed by atoms with Gasteiger partial charge < -0.3 is 10.6 Å². The number of nitrogens with two attached hydrogens (primary N) is 1. The van der Waals surface area contributed by atoms with Crippen LogP contribution in [0.4, 0.5) is 15.9 Å². The Morgan fingerprint density at radius 3 is 2.58 bits per heavy atom. The molecular weight excluding hydrogens is 243 g/mol. The van der Waals surface area contributed by atoms with Crippen molar-refractivity contribution < 1.29 is 4.39 Å². The number of amidine groups is 1. The lowest BCUT2D eigenvalue weighted by molar-refractivity contribution is 0.625. The van der Waals surface area contributed by atoms with Gasteiger partial charge in [0.25, 0.3) is 0 Å². The van der Waals surface area contributed by atoms with E-state index in [0.29, 0.717) is 23.6 Å². The van der Waals surface area contributed by atoms with Crippen LogP contribution >= 0.6 is 0 Å². The van der Waals surface area contributed by atoms with Crippen molar-refractivity contribution in [2.75, 3.05) is 11.4 Å². The highest BCUT2D eigenvalue weighted by atomic mass is 19.1. The highest BCUT2D eigenvalue weighted by molar-refractivity contribution is 5.94. The summed E-state index contributed by atoms with van der Waals surface area (Å²) >= 11 is 0. The highest BCUT2D eigenvalue weighted by Crippen LogP contribution is 2.25. The summed E-state index contributed by atoms with van der Waals surface area (Å²) in [5.74, 6) is 0.299. The molecule has 0 saturated heterocycles. The van der Waals surface area contributed by atoms with Crippen LogP contribution in [-0.4, -0.2) is 17.4 Å². The standard InChI is InChI=1S/C14H15FN4/c1-2-19(12-6-4-3-5-11(12)15)13-8-7-10(9-18-13)14(16)17/h3-9H,2H2,1H3,(H3,16,17). The van der Waals surface area contributed by atoms with E-state index in [1.807, 2.05) is 6.92 Å². The highest BCUT2D eigenvalue weighted by Gasteiger charge is 2.12. The number of hydrogen-bond acceptors (Lipinski definition) is 3. The van der Waals surface area contributed by atoms with Crippen LogP contribution in [0, 0.1) is 11.2 Å². The Kier molecular flexibility index (Phi) is 3.75. The molecule has 3 N–H and O–H groups in total. The molecule has 2 rings (SSSR count). The molecule has 19 heavy (non-hydrogen) atoms. The van der Waals surface area contributed by atoms with Gasteiger partial charge in [-0.2, -0.15) is 0 Å². The molecule has 0 amide bonds. The van der Waals surface area contributed by atoms with Crippen molar-refractivity contribution in [3.05, 3.63) is 54.0 Å². The molecule has 1 heterocycles. The zero-order valence-corrected chi connectivity index (χ0v) is 10.6. The normalized spacial score (nSPS) is 10.2. The van der Waals surface area contributed by atoms with E-state index >= 15 is 0 Å². The number of hydrogen-bond donors (Lipinski definition) is 2. The first kappa shape index (κ1) is 13.0. The van der Waals surface area contributed by atoms with Crippen LogP contribution in [0.5, 0.6) is 0 Å². The number of nitrogens with zero attached hydrogens (tertiary/aromatic N) is 2. The van der Waals surface area contributed by atoms with Crippen molar-refractivity contribution in [1.29, 1.82) is 5.41 Å². The van der Waals surface area contributed by atoms with E-state index in [1.54, 1.807) is 35.2 Å². The van der Waals surface area contributed by atoms with Gasteiger partial charge in [-0.25, -0.2) is 9.37 Å². The van der Waals surface area contributed by atoms with Crippen LogP contribution < -0.4 is 10.6 Å². The fourth-order valence-electron chi connectivity index (χ4n) is 1.83. The summed E-state index contributed by atoms with van der Waals surface area (Å²) in [6.45, 7) is 2.51. The number of anilines is 2. The molecule has 0 atom stereocenters. The second kappa shape index (κ2) is 5.48. The van der Waals surface area contributed by atoms with Gasteiger partial charge >= 0.3 is 0 Å². The monoisotopic (exact) mass is 258 g/mol. The largest absolute Gasteiger partial charge is 0.384 e. The molecule has 0 fully saturated rings. The van der Waals surface area contributed by atoms with Gasteiger partial charge in [-0.1, -0.05) is 12.1 Å². The van der Waals surface area contributed by atoms with Crippen molar-refractivity contribution in [2.45, 2.75) is 6.92 Å². The maximum atomic E-state index is 13.8. The number of rotatable bonds is 4. The molecule has 0 aliphatic heterocycles. The van der Waals surface area contributed by atoms with Gasteiger partial charge in [0.2, 0.25) is 0 Å². The summed E-state index contributed by atoms with van der Waals surface area (Å²) in [4.78, 5) is 5.99. The van der Waals surface area contributed by atoms with E-state index in [9.17, 15) is 4.39 Å². The van der Waals surface area contributed by atoms with Crippen molar-refractivity contribution in [2.24, 2.45) is 5.73 Å². The zero-order chi connectivity index (χ0) is 13.8. The number of halogens is 1. The van der Waals surface area contributed by atoms with Crippen molar-refractivity contribution in [1.82, 2.24) is 4.98 Å². The van der Waals surface area contributed by atoms with Crippen LogP contribution in [0.1, 0.15) is 12.5 Å². The van der Waals surface area contributed by atoms with Crippen LogP contribution in [0.15, 0.2) is 42.6 Å². The third-order valence-electron chi connectivity index (χ3n) is 2.79. The minimum Gasteiger partial charge on any atom is -0.384 e. The lowest BCUT2D eigenvalue weighted by Crippen LogP contribution is -2.19. The SMILES string of the molecule is CCN(c1ccc(C(=N)N)cn1)c1ccccc1F. The summed E-state index contributed by atoms with van der Waals surface area (Å²) < 4.78 is 13.8. The predicted octanol–water partition coefficient (Wildman–Crippen LogP) is 2.66. The average Bonchev–Trinajstić information content (AvgIpc) is 2.42. The minimum absolute atomic E-state index is 0.0343. The maximum Gasteiger partial charge on any atom is 0.146 e. The molecule has 0 spiro atoms. The number of benzene rings is 1. The number of nitrogen functional groups attached to an aromatic ring is 1. The summed E-state index contributed by atoms with van der Waals surface area (Å²) in [6.07, 6.45) is 1.52. The van der Waals surface area contributed by atoms with E-state index in [4.69, 9.17) is 11.1 Å². The van der Waals surface area contributed by atoms with Crippen molar-refractivity contribution in [3.63, 3.8) is 0 Å². The molecule has 0 radical (unpaired) electrons. The van der Waals surface area contributed by atoms with Crippen LogP contribution in [0.2, 0.25) is 0 Å². The van der Waals surface area contributed by atoms with E-state index in [2.05, 4.69) is 4.98 Å². The van der Waals surface area contributed by atoms with Gasteiger partial charge in [-0.3, -0.25) is 5.41 Å². The lowest BCUT2D eigenvalue weighted by atomic mass is 10.2. The molecule has 0 saturated carbocycles. The summed E-state index contributed by atoms with van der Waals surface area (Å²) in [6, 6.07) is 9.99. The fraction of sp³-hybridized carbons (Fsp3) is 0.143. The maximum absolute atomic E-state index is 13.8. The number of para-hydroxylation sites is 1. The Morgan fingerprint density at radius 1 is 1.32 bits per heavy atom. The summed E-state index contributed by atoms with van der Waals surface area (Å²) in [5, 5.41) is 7.32. The second-order valence-corrected chi connectivity index (χ2v) is 4.01. The van der Waals surface area contributed by atoms with Crippen molar-refractivity contribution in [3.8, 4) is 0 Å². The number of aromatic nitrogens is 1. The first-order valence-electron chi connectivity index (χ1n) is 5.96. The zero-order valence-electron chi connectivity index (χ0n) is 10.6. The van der Waals surface area contributed by atoms with Gasteiger partial charge in [0.1, 0.15) is 17.5 Å². The topological polar surface area (TPSA) is 66.0 Å². The van der Waals surface area contributed by atoms with E-state index in [1.165, 1.54) is 12.3 Å². The first-order chi connectivity index (χ1) is 9.13. The minimum atomic E-state index is -0.290. The lowest BCUT2D eigenvalue weighted by Gasteiger charge is -2.22. The first-order valence-corrected chi connectivity index (χ1v) is 5.96. The third-order valence-corrected chi connectivity index (χ3v) is 2.79. The van der Waals surface area contributed by atoms with Gasteiger partial charge in [0.05, 0.1) is 5.69 Å². The Balaban J connectivity index is 2.37. The predicted molar refractivity (Wildman–Crippen MR) is 74.3 cm³/mol. The van der Waals surface area contributed by atoms with E-state index in [0.717, 1.165) is 0 Å². The van der Waals surface area contributed by atoms with Gasteiger partial charge in [0, 0.05) is 18.3 Å². The summed E-state index contributed by atoms with van der Waals surface area (Å²) in [7, 11) is 0. The molecule has 0 aliphatic carbocycles. The van der Waals surface area contributed by atoms with E-state index < -0.39 is 0 Å². The van der Waals surface area contributed by atoms with Gasteiger partial charge in [0.15, 0.2) is 0 Å². The number of nitrogens with one attached hydrogen (secondary N) is 1. The molecule has 0 aliphatic rings. The molecule has 2 aromatic rings. The molecule has 1 aromatic heterocycles. The van der Waals surface area contributed by atoms with Gasteiger partial charge in [-0.05, 0) is 31.2 Å². The Labute approximate surface area is 111 Å². The Morgan fingerprint density at radius 2 is 2.05 bits per heavy atom. The van der Waals surface area contributed by atoms with Gasteiger partial charge in [-0.15, -0.1) is 0 Å². The second-order valence-electron chi connectivity index (χ2n) is 4.01.